The Morgan fingerprint density at radius 3 is 2.51 bits per heavy atom. The molecule has 1 saturated carbocycles. The largest absolute Gasteiger partial charge is 0.497 e. The van der Waals surface area contributed by atoms with Crippen LogP contribution in [0.3, 0.4) is 0 Å². The van der Waals surface area contributed by atoms with Crippen LogP contribution in [0.5, 0.6) is 5.75 Å². The van der Waals surface area contributed by atoms with Gasteiger partial charge < -0.3 is 23.4 Å². The summed E-state index contributed by atoms with van der Waals surface area (Å²) >= 11 is 0. The van der Waals surface area contributed by atoms with Crippen molar-refractivity contribution >= 4 is 5.97 Å². The lowest BCUT2D eigenvalue weighted by atomic mass is 9.94. The van der Waals surface area contributed by atoms with Crippen molar-refractivity contribution in [2.75, 3.05) is 14.2 Å². The van der Waals surface area contributed by atoms with E-state index in [9.17, 15) is 4.79 Å². The van der Waals surface area contributed by atoms with Gasteiger partial charge in [0, 0.05) is 5.56 Å². The van der Waals surface area contributed by atoms with Crippen molar-refractivity contribution in [2.24, 2.45) is 0 Å². The molecular weight excluding hydrogens is 446 g/mol. The van der Waals surface area contributed by atoms with Gasteiger partial charge in [-0.3, -0.25) is 0 Å². The average Bonchev–Trinajstić information content (AvgIpc) is 3.26. The molecule has 1 aliphatic carbocycles. The Morgan fingerprint density at radius 1 is 1.03 bits per heavy atom. The van der Waals surface area contributed by atoms with E-state index in [1.165, 1.54) is 7.11 Å². The van der Waals surface area contributed by atoms with Gasteiger partial charge in [-0.05, 0) is 68.9 Å². The minimum absolute atomic E-state index is 0.0745. The second kappa shape index (κ2) is 11.5. The summed E-state index contributed by atoms with van der Waals surface area (Å²) in [7, 11) is 3.04. The van der Waals surface area contributed by atoms with E-state index in [0.29, 0.717) is 24.7 Å². The van der Waals surface area contributed by atoms with Gasteiger partial charge in [-0.2, -0.15) is 0 Å². The highest BCUT2D eigenvalue weighted by atomic mass is 16.5. The Labute approximate surface area is 206 Å². The highest BCUT2D eigenvalue weighted by molar-refractivity contribution is 5.92. The SMILES string of the molecule is COC(=O)c1c(C)cccc1CO[C@H]1CCC[C@@H](OCc2nc(-c3cccc(OC)c3)oc2C)C1. The zero-order chi connectivity index (χ0) is 24.8. The molecule has 0 unspecified atom stereocenters. The number of ether oxygens (including phenoxy) is 4. The first kappa shape index (κ1) is 24.9. The van der Waals surface area contributed by atoms with Crippen LogP contribution in [0, 0.1) is 13.8 Å². The van der Waals surface area contributed by atoms with Crippen molar-refractivity contribution in [1.82, 2.24) is 4.98 Å². The molecule has 2 atom stereocenters. The molecule has 0 aliphatic heterocycles. The normalized spacial score (nSPS) is 17.8. The zero-order valence-corrected chi connectivity index (χ0v) is 20.8. The standard InChI is InChI=1S/C28H33NO6/c1-18-8-5-10-21(26(18)28(30)32-4)16-33-23-12-7-13-24(15-23)34-17-25-19(2)35-27(29-25)20-9-6-11-22(14-20)31-3/h5-6,8-11,14,23-24H,7,12-13,15-17H2,1-4H3/t23-,24+/m0/s1. The fourth-order valence-corrected chi connectivity index (χ4v) is 4.49. The molecule has 0 spiro atoms. The van der Waals surface area contributed by atoms with Crippen LogP contribution in [-0.4, -0.2) is 37.4 Å². The lowest BCUT2D eigenvalue weighted by molar-refractivity contribution is -0.0564. The smallest absolute Gasteiger partial charge is 0.338 e. The molecule has 1 aromatic heterocycles. The summed E-state index contributed by atoms with van der Waals surface area (Å²) in [5.74, 6) is 1.74. The van der Waals surface area contributed by atoms with Crippen LogP contribution in [0.1, 0.15) is 58.6 Å². The highest BCUT2D eigenvalue weighted by Gasteiger charge is 2.25. The van der Waals surface area contributed by atoms with Gasteiger partial charge in [0.05, 0.1) is 45.2 Å². The molecule has 1 heterocycles. The van der Waals surface area contributed by atoms with Crippen LogP contribution in [-0.2, 0) is 27.4 Å². The third-order valence-corrected chi connectivity index (χ3v) is 6.47. The highest BCUT2D eigenvalue weighted by Crippen LogP contribution is 2.28. The molecule has 7 nitrogen and oxygen atoms in total. The third kappa shape index (κ3) is 6.10. The van der Waals surface area contributed by atoms with Crippen LogP contribution < -0.4 is 4.74 Å². The molecule has 0 bridgehead atoms. The maximum absolute atomic E-state index is 12.2. The Morgan fingerprint density at radius 2 is 1.77 bits per heavy atom. The summed E-state index contributed by atoms with van der Waals surface area (Å²) in [6.07, 6.45) is 3.95. The van der Waals surface area contributed by atoms with Crippen molar-refractivity contribution in [1.29, 1.82) is 0 Å². The summed E-state index contributed by atoms with van der Waals surface area (Å²) in [4.78, 5) is 16.9. The molecule has 1 aliphatic rings. The molecule has 35 heavy (non-hydrogen) atoms. The van der Waals surface area contributed by atoms with Gasteiger partial charge in [0.15, 0.2) is 0 Å². The number of nitrogens with zero attached hydrogens (tertiary/aromatic N) is 1. The van der Waals surface area contributed by atoms with Crippen molar-refractivity contribution < 1.29 is 28.2 Å². The van der Waals surface area contributed by atoms with E-state index >= 15 is 0 Å². The van der Waals surface area contributed by atoms with E-state index in [1.807, 2.05) is 56.3 Å². The number of hydrogen-bond acceptors (Lipinski definition) is 7. The van der Waals surface area contributed by atoms with Crippen LogP contribution in [0.15, 0.2) is 46.9 Å². The van der Waals surface area contributed by atoms with Gasteiger partial charge in [-0.1, -0.05) is 24.3 Å². The Balaban J connectivity index is 1.33. The summed E-state index contributed by atoms with van der Waals surface area (Å²) in [6, 6.07) is 13.4. The molecule has 3 aromatic rings. The number of oxazole rings is 1. The Hall–Kier alpha value is -3.16. The van der Waals surface area contributed by atoms with Gasteiger partial charge in [0.25, 0.3) is 0 Å². The van der Waals surface area contributed by atoms with E-state index in [1.54, 1.807) is 7.11 Å². The van der Waals surface area contributed by atoms with Crippen LogP contribution in [0.25, 0.3) is 11.5 Å². The molecule has 186 valence electrons. The second-order valence-electron chi connectivity index (χ2n) is 8.89. The number of carbonyl (C=O) groups is 1. The van der Waals surface area contributed by atoms with Gasteiger partial charge >= 0.3 is 5.97 Å². The number of esters is 1. The molecule has 0 saturated heterocycles. The predicted octanol–water partition coefficient (Wildman–Crippen LogP) is 5.80. The third-order valence-electron chi connectivity index (χ3n) is 6.47. The summed E-state index contributed by atoms with van der Waals surface area (Å²) in [5, 5.41) is 0. The lowest BCUT2D eigenvalue weighted by Gasteiger charge is -2.29. The molecule has 4 rings (SSSR count). The average molecular weight is 480 g/mol. The maximum atomic E-state index is 12.2. The van der Waals surface area contributed by atoms with Crippen LogP contribution >= 0.6 is 0 Å². The molecule has 7 heteroatoms. The van der Waals surface area contributed by atoms with Crippen molar-refractivity contribution in [2.45, 2.75) is 65.0 Å². The number of benzene rings is 2. The molecule has 2 aromatic carbocycles. The molecular formula is C28H33NO6. The van der Waals surface area contributed by atoms with E-state index in [-0.39, 0.29) is 18.2 Å². The first-order valence-corrected chi connectivity index (χ1v) is 12.0. The number of methoxy groups -OCH3 is 2. The van der Waals surface area contributed by atoms with Gasteiger partial charge in [-0.25, -0.2) is 9.78 Å². The van der Waals surface area contributed by atoms with E-state index in [0.717, 1.165) is 59.6 Å². The van der Waals surface area contributed by atoms with E-state index in [2.05, 4.69) is 4.98 Å². The van der Waals surface area contributed by atoms with Gasteiger partial charge in [0.1, 0.15) is 17.2 Å². The topological polar surface area (TPSA) is 80.0 Å². The maximum Gasteiger partial charge on any atom is 0.338 e. The fourth-order valence-electron chi connectivity index (χ4n) is 4.49. The van der Waals surface area contributed by atoms with Crippen LogP contribution in [0.4, 0.5) is 0 Å². The Kier molecular flexibility index (Phi) is 8.21. The number of aromatic nitrogens is 1. The number of aryl methyl sites for hydroxylation is 2. The van der Waals surface area contributed by atoms with Gasteiger partial charge in [-0.15, -0.1) is 0 Å². The van der Waals surface area contributed by atoms with E-state index in [4.69, 9.17) is 23.4 Å². The first-order chi connectivity index (χ1) is 17.0. The molecule has 1 fully saturated rings. The summed E-state index contributed by atoms with van der Waals surface area (Å²) in [5.41, 5.74) is 4.00. The van der Waals surface area contributed by atoms with Crippen LogP contribution in [0.2, 0.25) is 0 Å². The zero-order valence-electron chi connectivity index (χ0n) is 20.8. The van der Waals surface area contributed by atoms with Crippen molar-refractivity contribution in [3.05, 3.63) is 70.6 Å². The number of hydrogen-bond donors (Lipinski definition) is 0. The minimum atomic E-state index is -0.331. The summed E-state index contributed by atoms with van der Waals surface area (Å²) < 4.78 is 28.6. The second-order valence-corrected chi connectivity index (χ2v) is 8.89. The first-order valence-electron chi connectivity index (χ1n) is 12.0. The Bertz CT molecular complexity index is 1150. The molecule has 0 amide bonds. The predicted molar refractivity (Wildman–Crippen MR) is 131 cm³/mol. The van der Waals surface area contributed by atoms with Crippen molar-refractivity contribution in [3.63, 3.8) is 0 Å². The molecule has 0 N–H and O–H groups in total. The van der Waals surface area contributed by atoms with E-state index < -0.39 is 0 Å². The number of carbonyl (C=O) groups excluding carboxylic acids is 1. The lowest BCUT2D eigenvalue weighted by Crippen LogP contribution is -2.28. The summed E-state index contributed by atoms with van der Waals surface area (Å²) in [6.45, 7) is 4.57. The monoisotopic (exact) mass is 479 g/mol. The van der Waals surface area contributed by atoms with Crippen molar-refractivity contribution in [3.8, 4) is 17.2 Å². The van der Waals surface area contributed by atoms with Gasteiger partial charge in [0.2, 0.25) is 5.89 Å². The minimum Gasteiger partial charge on any atom is -0.497 e. The fraction of sp³-hybridized carbons (Fsp3) is 0.429. The number of rotatable bonds is 9. The quantitative estimate of drug-likeness (QED) is 0.359. The molecule has 0 radical (unpaired) electrons.